The Balaban J connectivity index is 1.76. The van der Waals surface area contributed by atoms with Gasteiger partial charge >= 0.3 is 0 Å². The third kappa shape index (κ3) is 2.87. The van der Waals surface area contributed by atoms with Gasteiger partial charge in [0.25, 0.3) is 0 Å². The van der Waals surface area contributed by atoms with Gasteiger partial charge in [-0.3, -0.25) is 0 Å². The zero-order valence-electron chi connectivity index (χ0n) is 11.9. The summed E-state index contributed by atoms with van der Waals surface area (Å²) in [6.45, 7) is 4.93. The predicted molar refractivity (Wildman–Crippen MR) is 85.8 cm³/mol. The number of piperazine rings is 1. The SMILES string of the molecule is CN1CCN(NC(CN)c2csc3ccccc23)CC1. The van der Waals surface area contributed by atoms with Crippen molar-refractivity contribution < 1.29 is 0 Å². The van der Waals surface area contributed by atoms with E-state index in [9.17, 15) is 0 Å². The van der Waals surface area contributed by atoms with Crippen molar-refractivity contribution in [1.29, 1.82) is 0 Å². The molecule has 3 N–H and O–H groups in total. The third-order valence-electron chi connectivity index (χ3n) is 3.96. The largest absolute Gasteiger partial charge is 0.329 e. The second kappa shape index (κ2) is 6.20. The van der Waals surface area contributed by atoms with Crippen LogP contribution in [0.15, 0.2) is 29.6 Å². The highest BCUT2D eigenvalue weighted by atomic mass is 32.1. The third-order valence-corrected chi connectivity index (χ3v) is 4.95. The van der Waals surface area contributed by atoms with Crippen molar-refractivity contribution in [1.82, 2.24) is 15.3 Å². The number of hydrogen-bond donors (Lipinski definition) is 2. The second-order valence-corrected chi connectivity index (χ2v) is 6.31. The van der Waals surface area contributed by atoms with Gasteiger partial charge in [-0.2, -0.15) is 0 Å². The van der Waals surface area contributed by atoms with E-state index in [-0.39, 0.29) is 6.04 Å². The summed E-state index contributed by atoms with van der Waals surface area (Å²) in [5, 5.41) is 5.88. The summed E-state index contributed by atoms with van der Waals surface area (Å²) >= 11 is 1.80. The van der Waals surface area contributed by atoms with E-state index < -0.39 is 0 Å². The Kier molecular flexibility index (Phi) is 4.33. The first-order chi connectivity index (χ1) is 9.78. The molecule has 0 aliphatic carbocycles. The normalized spacial score (nSPS) is 19.5. The fraction of sp³-hybridized carbons (Fsp3) is 0.467. The molecule has 2 heterocycles. The zero-order chi connectivity index (χ0) is 13.9. The number of likely N-dealkylation sites (N-methyl/N-ethyl adjacent to an activating group) is 1. The number of thiophene rings is 1. The van der Waals surface area contributed by atoms with Crippen LogP contribution in [0.4, 0.5) is 0 Å². The highest BCUT2D eigenvalue weighted by Crippen LogP contribution is 2.30. The van der Waals surface area contributed by atoms with Crippen LogP contribution in [0.25, 0.3) is 10.1 Å². The number of rotatable bonds is 4. The Morgan fingerprint density at radius 3 is 2.75 bits per heavy atom. The van der Waals surface area contributed by atoms with Gasteiger partial charge in [-0.05, 0) is 29.4 Å². The maximum absolute atomic E-state index is 6.00. The summed E-state index contributed by atoms with van der Waals surface area (Å²) in [7, 11) is 2.17. The summed E-state index contributed by atoms with van der Waals surface area (Å²) in [6.07, 6.45) is 0. The lowest BCUT2D eigenvalue weighted by molar-refractivity contribution is 0.0883. The minimum Gasteiger partial charge on any atom is -0.329 e. The Bertz CT molecular complexity index is 560. The molecule has 1 fully saturated rings. The van der Waals surface area contributed by atoms with Gasteiger partial charge in [-0.15, -0.1) is 11.3 Å². The molecule has 2 aromatic rings. The fourth-order valence-corrected chi connectivity index (χ4v) is 3.69. The second-order valence-electron chi connectivity index (χ2n) is 5.39. The lowest BCUT2D eigenvalue weighted by Gasteiger charge is -2.35. The monoisotopic (exact) mass is 290 g/mol. The molecule has 1 aliphatic heterocycles. The first-order valence-corrected chi connectivity index (χ1v) is 8.02. The van der Waals surface area contributed by atoms with Crippen molar-refractivity contribution in [2.24, 2.45) is 5.73 Å². The molecule has 1 aromatic carbocycles. The van der Waals surface area contributed by atoms with Crippen molar-refractivity contribution in [2.75, 3.05) is 39.8 Å². The number of hydrazine groups is 1. The van der Waals surface area contributed by atoms with Crippen LogP contribution < -0.4 is 11.2 Å². The number of fused-ring (bicyclic) bond motifs is 1. The highest BCUT2D eigenvalue weighted by Gasteiger charge is 2.20. The highest BCUT2D eigenvalue weighted by molar-refractivity contribution is 7.17. The molecular formula is C15H22N4S. The van der Waals surface area contributed by atoms with E-state index in [0.29, 0.717) is 6.54 Å². The average Bonchev–Trinajstić information content (AvgIpc) is 2.91. The fourth-order valence-electron chi connectivity index (χ4n) is 2.67. The van der Waals surface area contributed by atoms with Gasteiger partial charge in [-0.25, -0.2) is 10.4 Å². The van der Waals surface area contributed by atoms with Crippen LogP contribution in [0.2, 0.25) is 0 Å². The van der Waals surface area contributed by atoms with Crippen LogP contribution in [0.5, 0.6) is 0 Å². The summed E-state index contributed by atoms with van der Waals surface area (Å²) < 4.78 is 1.33. The predicted octanol–water partition coefficient (Wildman–Crippen LogP) is 1.65. The summed E-state index contributed by atoms with van der Waals surface area (Å²) in [5.74, 6) is 0. The number of hydrogen-bond acceptors (Lipinski definition) is 5. The lowest BCUT2D eigenvalue weighted by atomic mass is 10.1. The van der Waals surface area contributed by atoms with Gasteiger partial charge in [0, 0.05) is 37.4 Å². The van der Waals surface area contributed by atoms with E-state index in [0.717, 1.165) is 26.2 Å². The Morgan fingerprint density at radius 2 is 2.00 bits per heavy atom. The number of nitrogens with one attached hydrogen (secondary N) is 1. The summed E-state index contributed by atoms with van der Waals surface area (Å²) in [5.41, 5.74) is 10.9. The van der Waals surface area contributed by atoms with E-state index in [1.807, 2.05) is 0 Å². The number of benzene rings is 1. The molecule has 0 amide bonds. The van der Waals surface area contributed by atoms with Crippen LogP contribution in [0, 0.1) is 0 Å². The topological polar surface area (TPSA) is 44.5 Å². The van der Waals surface area contributed by atoms with Gasteiger partial charge in [0.05, 0.1) is 6.04 Å². The van der Waals surface area contributed by atoms with Crippen LogP contribution in [-0.2, 0) is 0 Å². The molecule has 1 aliphatic rings. The van der Waals surface area contributed by atoms with E-state index >= 15 is 0 Å². The van der Waals surface area contributed by atoms with Crippen LogP contribution >= 0.6 is 11.3 Å². The van der Waals surface area contributed by atoms with E-state index in [1.54, 1.807) is 11.3 Å². The first-order valence-electron chi connectivity index (χ1n) is 7.14. The molecule has 0 spiro atoms. The van der Waals surface area contributed by atoms with Gasteiger partial charge < -0.3 is 10.6 Å². The van der Waals surface area contributed by atoms with Crippen LogP contribution in [-0.4, -0.2) is 49.7 Å². The van der Waals surface area contributed by atoms with Gasteiger partial charge in [0.1, 0.15) is 0 Å². The molecule has 0 saturated carbocycles. The van der Waals surface area contributed by atoms with Crippen molar-refractivity contribution in [2.45, 2.75) is 6.04 Å². The Hall–Kier alpha value is -0.980. The van der Waals surface area contributed by atoms with Crippen LogP contribution in [0.1, 0.15) is 11.6 Å². The summed E-state index contributed by atoms with van der Waals surface area (Å²) in [4.78, 5) is 2.36. The van der Waals surface area contributed by atoms with Gasteiger partial charge in [0.2, 0.25) is 0 Å². The number of nitrogens with zero attached hydrogens (tertiary/aromatic N) is 2. The van der Waals surface area contributed by atoms with Crippen molar-refractivity contribution >= 4 is 21.4 Å². The molecule has 1 unspecified atom stereocenters. The molecule has 0 radical (unpaired) electrons. The molecule has 108 valence electrons. The number of nitrogens with two attached hydrogens (primary N) is 1. The molecule has 0 bridgehead atoms. The Labute approximate surface area is 124 Å². The molecule has 5 heteroatoms. The Morgan fingerprint density at radius 1 is 1.25 bits per heavy atom. The molecule has 4 nitrogen and oxygen atoms in total. The molecule has 1 saturated heterocycles. The molecule has 3 rings (SSSR count). The van der Waals surface area contributed by atoms with E-state index in [2.05, 4.69) is 52.0 Å². The van der Waals surface area contributed by atoms with Crippen molar-refractivity contribution in [3.8, 4) is 0 Å². The summed E-state index contributed by atoms with van der Waals surface area (Å²) in [6, 6.07) is 8.76. The molecular weight excluding hydrogens is 268 g/mol. The smallest absolute Gasteiger partial charge is 0.0601 e. The molecule has 1 aromatic heterocycles. The van der Waals surface area contributed by atoms with Crippen molar-refractivity contribution in [3.63, 3.8) is 0 Å². The zero-order valence-corrected chi connectivity index (χ0v) is 12.7. The maximum Gasteiger partial charge on any atom is 0.0601 e. The average molecular weight is 290 g/mol. The minimum atomic E-state index is 0.203. The molecule has 20 heavy (non-hydrogen) atoms. The quantitative estimate of drug-likeness (QED) is 0.899. The molecule has 1 atom stereocenters. The first kappa shape index (κ1) is 14.0. The van der Waals surface area contributed by atoms with Gasteiger partial charge in [-0.1, -0.05) is 18.2 Å². The lowest BCUT2D eigenvalue weighted by Crippen LogP contribution is -2.52. The maximum atomic E-state index is 6.00. The van der Waals surface area contributed by atoms with Gasteiger partial charge in [0.15, 0.2) is 0 Å². The van der Waals surface area contributed by atoms with Crippen LogP contribution in [0.3, 0.4) is 0 Å². The van der Waals surface area contributed by atoms with Crippen molar-refractivity contribution in [3.05, 3.63) is 35.2 Å². The van der Waals surface area contributed by atoms with E-state index in [4.69, 9.17) is 5.73 Å². The van der Waals surface area contributed by atoms with E-state index in [1.165, 1.54) is 15.6 Å². The minimum absolute atomic E-state index is 0.203. The standard InChI is InChI=1S/C15H22N4S/c1-18-6-8-19(9-7-18)17-14(10-16)13-11-20-15-5-3-2-4-12(13)15/h2-5,11,14,17H,6-10,16H2,1H3.